The van der Waals surface area contributed by atoms with Crippen LogP contribution in [0.1, 0.15) is 32.8 Å². The van der Waals surface area contributed by atoms with Crippen LogP contribution in [-0.4, -0.2) is 49.8 Å². The van der Waals surface area contributed by atoms with Gasteiger partial charge in [0.2, 0.25) is 0 Å². The predicted molar refractivity (Wildman–Crippen MR) is 100.0 cm³/mol. The van der Waals surface area contributed by atoms with E-state index in [1.807, 2.05) is 30.3 Å². The molecule has 2 N–H and O–H groups in total. The Kier molecular flexibility index (Phi) is 6.69. The van der Waals surface area contributed by atoms with Crippen LogP contribution in [0.15, 0.2) is 30.3 Å². The van der Waals surface area contributed by atoms with Crippen molar-refractivity contribution in [2.45, 2.75) is 51.5 Å². The minimum Gasteiger partial charge on any atom is -0.445 e. The molecule has 0 unspecified atom stereocenters. The van der Waals surface area contributed by atoms with E-state index in [1.54, 1.807) is 20.8 Å². The molecule has 9 heteroatoms. The molecule has 1 aliphatic rings. The minimum atomic E-state index is -3.42. The largest absolute Gasteiger partial charge is 0.445 e. The van der Waals surface area contributed by atoms with E-state index >= 15 is 0 Å². The highest BCUT2D eigenvalue weighted by atomic mass is 32.2. The van der Waals surface area contributed by atoms with E-state index in [9.17, 15) is 18.0 Å². The standard InChI is InChI=1S/C18H26N2O6S/c1-18(2,3)26-17(22)20-15-9-14(11-27(23,24)12-15)19-16(21)25-10-13-7-5-4-6-8-13/h4-8,14-15H,9-12H2,1-3H3,(H,19,21)(H,20,22)/t14-,15+/m1/s1. The lowest BCUT2D eigenvalue weighted by Crippen LogP contribution is -2.53. The first-order chi connectivity index (χ1) is 12.5. The summed E-state index contributed by atoms with van der Waals surface area (Å²) < 4.78 is 34.5. The third kappa shape index (κ3) is 7.86. The van der Waals surface area contributed by atoms with Gasteiger partial charge >= 0.3 is 12.2 Å². The number of benzene rings is 1. The summed E-state index contributed by atoms with van der Waals surface area (Å²) in [6, 6.07) is 7.87. The fourth-order valence-corrected chi connectivity index (χ4v) is 4.57. The summed E-state index contributed by atoms with van der Waals surface area (Å²) in [6.45, 7) is 5.25. The van der Waals surface area contributed by atoms with Crippen molar-refractivity contribution in [3.8, 4) is 0 Å². The topological polar surface area (TPSA) is 111 Å². The van der Waals surface area contributed by atoms with E-state index < -0.39 is 39.7 Å². The van der Waals surface area contributed by atoms with Crippen LogP contribution < -0.4 is 10.6 Å². The number of carbonyl (C=O) groups excluding carboxylic acids is 2. The highest BCUT2D eigenvalue weighted by molar-refractivity contribution is 7.91. The first-order valence-corrected chi connectivity index (χ1v) is 10.5. The summed E-state index contributed by atoms with van der Waals surface area (Å²) in [7, 11) is -3.42. The van der Waals surface area contributed by atoms with E-state index in [2.05, 4.69) is 10.6 Å². The Morgan fingerprint density at radius 2 is 1.59 bits per heavy atom. The highest BCUT2D eigenvalue weighted by Crippen LogP contribution is 2.15. The molecule has 1 aliphatic heterocycles. The molecular formula is C18H26N2O6S. The van der Waals surface area contributed by atoms with Crippen molar-refractivity contribution in [2.75, 3.05) is 11.5 Å². The number of ether oxygens (including phenoxy) is 2. The van der Waals surface area contributed by atoms with Crippen LogP contribution >= 0.6 is 0 Å². The lowest BCUT2D eigenvalue weighted by atomic mass is 10.1. The van der Waals surface area contributed by atoms with Gasteiger partial charge in [0, 0.05) is 12.1 Å². The third-order valence-electron chi connectivity index (χ3n) is 3.73. The first kappa shape index (κ1) is 21.0. The second-order valence-electron chi connectivity index (χ2n) is 7.56. The van der Waals surface area contributed by atoms with Gasteiger partial charge in [0.05, 0.1) is 11.5 Å². The fourth-order valence-electron chi connectivity index (χ4n) is 2.77. The molecule has 1 aromatic rings. The molecule has 0 aliphatic carbocycles. The van der Waals surface area contributed by atoms with Gasteiger partial charge in [-0.2, -0.15) is 0 Å². The van der Waals surface area contributed by atoms with Crippen LogP contribution in [0, 0.1) is 0 Å². The quantitative estimate of drug-likeness (QED) is 0.802. The average molecular weight is 398 g/mol. The monoisotopic (exact) mass is 398 g/mol. The normalized spacial score (nSPS) is 21.7. The van der Waals surface area contributed by atoms with Crippen LogP contribution in [0.25, 0.3) is 0 Å². The van der Waals surface area contributed by atoms with Crippen molar-refractivity contribution in [2.24, 2.45) is 0 Å². The Hall–Kier alpha value is -2.29. The summed E-state index contributed by atoms with van der Waals surface area (Å²) in [6.07, 6.45) is -1.11. The van der Waals surface area contributed by atoms with Gasteiger partial charge in [-0.15, -0.1) is 0 Å². The molecule has 1 fully saturated rings. The zero-order valence-electron chi connectivity index (χ0n) is 15.7. The van der Waals surface area contributed by atoms with Gasteiger partial charge in [0.25, 0.3) is 0 Å². The van der Waals surface area contributed by atoms with Crippen LogP contribution in [0.3, 0.4) is 0 Å². The molecule has 0 bridgehead atoms. The summed E-state index contributed by atoms with van der Waals surface area (Å²) in [5, 5.41) is 5.12. The zero-order chi connectivity index (χ0) is 20.1. The van der Waals surface area contributed by atoms with Gasteiger partial charge < -0.3 is 20.1 Å². The number of nitrogens with one attached hydrogen (secondary N) is 2. The molecule has 8 nitrogen and oxygen atoms in total. The summed E-state index contributed by atoms with van der Waals surface area (Å²) in [5.41, 5.74) is 0.143. The van der Waals surface area contributed by atoms with Gasteiger partial charge in [0.15, 0.2) is 9.84 Å². The minimum absolute atomic E-state index is 0.0890. The molecule has 1 aromatic carbocycles. The Balaban J connectivity index is 1.88. The second-order valence-corrected chi connectivity index (χ2v) is 9.71. The van der Waals surface area contributed by atoms with Gasteiger partial charge in [-0.3, -0.25) is 0 Å². The highest BCUT2D eigenvalue weighted by Gasteiger charge is 2.34. The van der Waals surface area contributed by atoms with Crippen molar-refractivity contribution in [3.63, 3.8) is 0 Å². The lowest BCUT2D eigenvalue weighted by Gasteiger charge is -2.30. The van der Waals surface area contributed by atoms with Crippen molar-refractivity contribution < 1.29 is 27.5 Å². The number of carbonyl (C=O) groups is 2. The van der Waals surface area contributed by atoms with Crippen molar-refractivity contribution in [1.29, 1.82) is 0 Å². The zero-order valence-corrected chi connectivity index (χ0v) is 16.5. The van der Waals surface area contributed by atoms with Crippen LogP contribution in [0.4, 0.5) is 9.59 Å². The van der Waals surface area contributed by atoms with Gasteiger partial charge in [-0.25, -0.2) is 18.0 Å². The molecule has 0 spiro atoms. The maximum absolute atomic E-state index is 12.1. The maximum Gasteiger partial charge on any atom is 0.407 e. The van der Waals surface area contributed by atoms with Crippen LogP contribution in [0.5, 0.6) is 0 Å². The molecule has 2 amide bonds. The maximum atomic E-state index is 12.1. The predicted octanol–water partition coefficient (Wildman–Crippen LogP) is 1.99. The Morgan fingerprint density at radius 1 is 1.04 bits per heavy atom. The summed E-state index contributed by atoms with van der Waals surface area (Å²) >= 11 is 0. The second kappa shape index (κ2) is 8.60. The first-order valence-electron chi connectivity index (χ1n) is 8.69. The number of amides is 2. The molecule has 0 radical (unpaired) electrons. The SMILES string of the molecule is CC(C)(C)OC(=O)N[C@H]1C[C@@H](NC(=O)OCc2ccccc2)CS(=O)(=O)C1. The number of sulfone groups is 1. The molecule has 27 heavy (non-hydrogen) atoms. The summed E-state index contributed by atoms with van der Waals surface area (Å²) in [4.78, 5) is 23.9. The van der Waals surface area contributed by atoms with E-state index in [4.69, 9.17) is 9.47 Å². The van der Waals surface area contributed by atoms with Gasteiger partial charge in [-0.05, 0) is 32.8 Å². The van der Waals surface area contributed by atoms with E-state index in [1.165, 1.54) is 0 Å². The number of alkyl carbamates (subject to hydrolysis) is 2. The van der Waals surface area contributed by atoms with Gasteiger partial charge in [-0.1, -0.05) is 30.3 Å². The Bertz CT molecular complexity index is 758. The van der Waals surface area contributed by atoms with Gasteiger partial charge in [0.1, 0.15) is 12.2 Å². The Labute approximate surface area is 159 Å². The summed E-state index contributed by atoms with van der Waals surface area (Å²) in [5.74, 6) is -0.385. The molecule has 2 atom stereocenters. The van der Waals surface area contributed by atoms with E-state index in [-0.39, 0.29) is 24.5 Å². The molecule has 0 aromatic heterocycles. The third-order valence-corrected chi connectivity index (χ3v) is 5.56. The van der Waals surface area contributed by atoms with Crippen molar-refractivity contribution in [3.05, 3.63) is 35.9 Å². The van der Waals surface area contributed by atoms with Crippen LogP contribution in [-0.2, 0) is 25.9 Å². The molecule has 1 heterocycles. The van der Waals surface area contributed by atoms with E-state index in [0.717, 1.165) is 5.56 Å². The molecule has 0 saturated carbocycles. The molecule has 2 rings (SSSR count). The molecular weight excluding hydrogens is 372 g/mol. The van der Waals surface area contributed by atoms with Crippen molar-refractivity contribution in [1.82, 2.24) is 10.6 Å². The number of hydrogen-bond donors (Lipinski definition) is 2. The molecule has 150 valence electrons. The van der Waals surface area contributed by atoms with Crippen LogP contribution in [0.2, 0.25) is 0 Å². The fraction of sp³-hybridized carbons (Fsp3) is 0.556. The molecule has 1 saturated heterocycles. The lowest BCUT2D eigenvalue weighted by molar-refractivity contribution is 0.0504. The van der Waals surface area contributed by atoms with E-state index in [0.29, 0.717) is 0 Å². The average Bonchev–Trinajstić information content (AvgIpc) is 2.50. The smallest absolute Gasteiger partial charge is 0.407 e. The number of hydrogen-bond acceptors (Lipinski definition) is 6. The van der Waals surface area contributed by atoms with Crippen molar-refractivity contribution >= 4 is 22.0 Å². The Morgan fingerprint density at radius 3 is 2.15 bits per heavy atom. The number of rotatable bonds is 4.